The maximum Gasteiger partial charge on any atom is 0.303 e. The minimum absolute atomic E-state index is 0.270. The molecule has 0 amide bonds. The maximum absolute atomic E-state index is 11.0. The smallest absolute Gasteiger partial charge is 0.303 e. The fraction of sp³-hybridized carbons (Fsp3) is 0.969. The Labute approximate surface area is 230 Å². The fourth-order valence-corrected chi connectivity index (χ4v) is 10.3. The molecule has 220 valence electrons. The second-order valence-electron chi connectivity index (χ2n) is 14.8. The van der Waals surface area contributed by atoms with Gasteiger partial charge in [0.15, 0.2) is 11.6 Å². The molecule has 6 nitrogen and oxygen atoms in total. The second kappa shape index (κ2) is 11.3. The molecule has 0 aromatic carbocycles. The van der Waals surface area contributed by atoms with Crippen molar-refractivity contribution in [3.05, 3.63) is 0 Å². The normalized spacial score (nSPS) is 42.6. The summed E-state index contributed by atoms with van der Waals surface area (Å²) in [6, 6.07) is 0. The Morgan fingerprint density at radius 3 is 2.08 bits per heavy atom. The molecule has 0 bridgehead atoms. The molecule has 0 aromatic rings. The first-order valence-electron chi connectivity index (χ1n) is 15.8. The van der Waals surface area contributed by atoms with Gasteiger partial charge in [-0.3, -0.25) is 4.79 Å². The zero-order valence-corrected chi connectivity index (χ0v) is 24.5. The van der Waals surface area contributed by atoms with E-state index in [2.05, 4.69) is 27.7 Å². The van der Waals surface area contributed by atoms with Crippen LogP contribution in [0, 0.1) is 52.3 Å². The van der Waals surface area contributed by atoms with Crippen LogP contribution in [0.4, 0.5) is 0 Å². The van der Waals surface area contributed by atoms with Gasteiger partial charge in [-0.2, -0.15) is 0 Å². The van der Waals surface area contributed by atoms with Crippen molar-refractivity contribution in [1.29, 1.82) is 0 Å². The van der Waals surface area contributed by atoms with E-state index < -0.39 is 17.5 Å². The van der Waals surface area contributed by atoms with Crippen LogP contribution in [0.5, 0.6) is 0 Å². The Balaban J connectivity index is 0.000000283. The highest BCUT2D eigenvalue weighted by Gasteiger charge is 2.61. The summed E-state index contributed by atoms with van der Waals surface area (Å²) in [5.41, 5.74) is 0.640. The number of hydrogen-bond acceptors (Lipinski definition) is 5. The lowest BCUT2D eigenvalue weighted by atomic mass is 9.44. The lowest BCUT2D eigenvalue weighted by molar-refractivity contribution is -0.233. The lowest BCUT2D eigenvalue weighted by Gasteiger charge is -2.61. The maximum atomic E-state index is 11.0. The van der Waals surface area contributed by atoms with Crippen LogP contribution in [-0.2, 0) is 4.79 Å². The molecule has 0 spiro atoms. The van der Waals surface area contributed by atoms with Crippen LogP contribution in [0.25, 0.3) is 0 Å². The summed E-state index contributed by atoms with van der Waals surface area (Å²) in [6.07, 6.45) is 14.9. The number of carboxylic acid groups (broad SMARTS) is 1. The Morgan fingerprint density at radius 1 is 0.789 bits per heavy atom. The van der Waals surface area contributed by atoms with Gasteiger partial charge in [0.2, 0.25) is 0 Å². The Kier molecular flexibility index (Phi) is 9.00. The Bertz CT molecular complexity index is 815. The predicted octanol–water partition coefficient (Wildman–Crippen LogP) is 6.09. The lowest BCUT2D eigenvalue weighted by Crippen LogP contribution is -2.56. The van der Waals surface area contributed by atoms with Gasteiger partial charge in [-0.15, -0.1) is 0 Å². The Hall–Kier alpha value is -0.690. The van der Waals surface area contributed by atoms with Crippen LogP contribution in [0.1, 0.15) is 130 Å². The quantitative estimate of drug-likeness (QED) is 0.271. The van der Waals surface area contributed by atoms with Crippen LogP contribution < -0.4 is 0 Å². The summed E-state index contributed by atoms with van der Waals surface area (Å²) in [5, 5.41) is 47.8. The van der Waals surface area contributed by atoms with E-state index >= 15 is 0 Å². The molecule has 5 rings (SSSR count). The largest absolute Gasteiger partial charge is 0.481 e. The van der Waals surface area contributed by atoms with E-state index in [0.29, 0.717) is 55.3 Å². The molecule has 5 saturated carbocycles. The van der Waals surface area contributed by atoms with Gasteiger partial charge >= 0.3 is 5.97 Å². The van der Waals surface area contributed by atoms with E-state index in [0.717, 1.165) is 55.8 Å². The molecule has 5 aliphatic carbocycles. The van der Waals surface area contributed by atoms with Crippen molar-refractivity contribution in [1.82, 2.24) is 0 Å². The summed E-state index contributed by atoms with van der Waals surface area (Å²) in [5.74, 6) is 1.17. The molecule has 0 saturated heterocycles. The number of carbonyl (C=O) groups is 1. The third-order valence-corrected chi connectivity index (χ3v) is 12.8. The SMILES string of the molecule is CC(CCC(=O)O)C1CCC2C3CCC4CC(O)(O)CCC4(C)C3CCC12C.CCC1CCC(O)(O)CC1. The number of rotatable bonds is 5. The van der Waals surface area contributed by atoms with Gasteiger partial charge in [-0.1, -0.05) is 34.1 Å². The first-order chi connectivity index (χ1) is 17.7. The van der Waals surface area contributed by atoms with Crippen LogP contribution in [-0.4, -0.2) is 43.1 Å². The summed E-state index contributed by atoms with van der Waals surface area (Å²) in [4.78, 5) is 11.0. The molecule has 0 aliphatic heterocycles. The molecule has 6 heteroatoms. The minimum Gasteiger partial charge on any atom is -0.481 e. The minimum atomic E-state index is -1.45. The molecule has 0 heterocycles. The molecule has 38 heavy (non-hydrogen) atoms. The van der Waals surface area contributed by atoms with E-state index in [4.69, 9.17) is 15.3 Å². The van der Waals surface area contributed by atoms with E-state index in [9.17, 15) is 15.0 Å². The fourth-order valence-electron chi connectivity index (χ4n) is 10.3. The predicted molar refractivity (Wildman–Crippen MR) is 148 cm³/mol. The zero-order chi connectivity index (χ0) is 27.9. The van der Waals surface area contributed by atoms with E-state index in [1.807, 2.05) is 0 Å². The standard InChI is InChI=1S/C24H40O4.C8H16O2/c1-15(4-9-21(25)26)18-7-8-19-17-6-5-16-14-24(27,28)13-12-22(16,2)20(17)10-11-23(18,19)3;1-2-7-3-5-8(9,10)6-4-7/h15-20,27-28H,4-14H2,1-3H3,(H,25,26);7,9-10H,2-6H2,1H3. The van der Waals surface area contributed by atoms with Crippen molar-refractivity contribution >= 4 is 5.97 Å². The summed E-state index contributed by atoms with van der Waals surface area (Å²) < 4.78 is 0. The molecule has 0 radical (unpaired) electrons. The number of fused-ring (bicyclic) bond motifs is 5. The monoisotopic (exact) mass is 536 g/mol. The van der Waals surface area contributed by atoms with Gasteiger partial charge in [0.1, 0.15) is 0 Å². The number of carboxylic acids is 1. The first-order valence-corrected chi connectivity index (χ1v) is 15.8. The van der Waals surface area contributed by atoms with Crippen LogP contribution >= 0.6 is 0 Å². The van der Waals surface area contributed by atoms with Gasteiger partial charge in [0.25, 0.3) is 0 Å². The molecule has 5 fully saturated rings. The van der Waals surface area contributed by atoms with Gasteiger partial charge in [0, 0.05) is 32.1 Å². The number of aliphatic carboxylic acids is 1. The van der Waals surface area contributed by atoms with Crippen LogP contribution in [0.2, 0.25) is 0 Å². The summed E-state index contributed by atoms with van der Waals surface area (Å²) >= 11 is 0. The molecular weight excluding hydrogens is 480 g/mol. The van der Waals surface area contributed by atoms with Crippen molar-refractivity contribution in [3.8, 4) is 0 Å². The van der Waals surface area contributed by atoms with Crippen LogP contribution in [0.3, 0.4) is 0 Å². The van der Waals surface area contributed by atoms with E-state index in [1.54, 1.807) is 0 Å². The highest BCUT2D eigenvalue weighted by Crippen LogP contribution is 2.68. The molecule has 5 aliphatic rings. The summed E-state index contributed by atoms with van der Waals surface area (Å²) in [7, 11) is 0. The number of hydrogen-bond donors (Lipinski definition) is 5. The first kappa shape index (κ1) is 30.3. The molecule has 8 atom stereocenters. The van der Waals surface area contributed by atoms with Gasteiger partial charge < -0.3 is 25.5 Å². The van der Waals surface area contributed by atoms with E-state index in [-0.39, 0.29) is 5.41 Å². The third-order valence-electron chi connectivity index (χ3n) is 12.8. The van der Waals surface area contributed by atoms with Crippen molar-refractivity contribution in [2.45, 2.75) is 142 Å². The van der Waals surface area contributed by atoms with Crippen molar-refractivity contribution in [2.75, 3.05) is 0 Å². The zero-order valence-electron chi connectivity index (χ0n) is 24.5. The van der Waals surface area contributed by atoms with Gasteiger partial charge in [-0.05, 0) is 116 Å². The van der Waals surface area contributed by atoms with Crippen molar-refractivity contribution < 1.29 is 30.3 Å². The molecule has 0 aromatic heterocycles. The molecular formula is C32H56O6. The average molecular weight is 537 g/mol. The topological polar surface area (TPSA) is 118 Å². The molecule has 8 unspecified atom stereocenters. The molecule has 5 N–H and O–H groups in total. The van der Waals surface area contributed by atoms with Crippen molar-refractivity contribution in [2.24, 2.45) is 52.3 Å². The Morgan fingerprint density at radius 2 is 1.45 bits per heavy atom. The number of aliphatic hydroxyl groups is 4. The summed E-state index contributed by atoms with van der Waals surface area (Å²) in [6.45, 7) is 9.42. The van der Waals surface area contributed by atoms with Gasteiger partial charge in [0.05, 0.1) is 0 Å². The highest BCUT2D eigenvalue weighted by molar-refractivity contribution is 5.66. The van der Waals surface area contributed by atoms with Gasteiger partial charge in [-0.25, -0.2) is 0 Å². The highest BCUT2D eigenvalue weighted by atomic mass is 16.5. The third kappa shape index (κ3) is 6.14. The second-order valence-corrected chi connectivity index (χ2v) is 14.8. The van der Waals surface area contributed by atoms with Crippen molar-refractivity contribution in [3.63, 3.8) is 0 Å². The average Bonchev–Trinajstić information content (AvgIpc) is 3.20. The van der Waals surface area contributed by atoms with Crippen LogP contribution in [0.15, 0.2) is 0 Å². The van der Waals surface area contributed by atoms with E-state index in [1.165, 1.54) is 38.5 Å².